The molecule has 0 aliphatic carbocycles. The average Bonchev–Trinajstić information content (AvgIpc) is 2.83. The van der Waals surface area contributed by atoms with Gasteiger partial charge in [0.1, 0.15) is 5.75 Å². The maximum Gasteiger partial charge on any atom is 0.555 e. The lowest BCUT2D eigenvalue weighted by molar-refractivity contribution is -0.157. The first-order valence-electron chi connectivity index (χ1n) is 13.0. The molecule has 0 heterocycles. The maximum atomic E-state index is 12.1. The molecule has 0 atom stereocenters. The fourth-order valence-electron chi connectivity index (χ4n) is 3.93. The summed E-state index contributed by atoms with van der Waals surface area (Å²) in [6, 6.07) is 15.3. The lowest BCUT2D eigenvalue weighted by atomic mass is 10.0. The largest absolute Gasteiger partial charge is 0.555 e. The van der Waals surface area contributed by atoms with Gasteiger partial charge in [-0.3, -0.25) is 4.89 Å². The zero-order valence-electron chi connectivity index (χ0n) is 20.7. The Morgan fingerprint density at radius 1 is 0.636 bits per heavy atom. The number of carbonyl (C=O) groups excluding carboxylic acids is 1. The van der Waals surface area contributed by atoms with E-state index in [-0.39, 0.29) is 0 Å². The molecule has 4 heteroatoms. The molecule has 0 aromatic heterocycles. The zero-order chi connectivity index (χ0) is 23.6. The molecule has 0 N–H and O–H groups in total. The number of carbonyl (C=O) groups is 1. The Bertz CT molecular complexity index is 787. The van der Waals surface area contributed by atoms with Crippen LogP contribution >= 0.6 is 0 Å². The van der Waals surface area contributed by atoms with Crippen molar-refractivity contribution >= 4 is 6.16 Å². The number of benzene rings is 2. The first kappa shape index (κ1) is 26.8. The van der Waals surface area contributed by atoms with E-state index < -0.39 is 6.16 Å². The van der Waals surface area contributed by atoms with Gasteiger partial charge in [0, 0.05) is 0 Å². The monoisotopic (exact) mass is 454 g/mol. The second kappa shape index (κ2) is 17.0. The van der Waals surface area contributed by atoms with Gasteiger partial charge in [0.15, 0.2) is 5.75 Å². The van der Waals surface area contributed by atoms with Gasteiger partial charge in [0.05, 0.1) is 0 Å². The Morgan fingerprint density at radius 3 is 1.70 bits per heavy atom. The summed E-state index contributed by atoms with van der Waals surface area (Å²) in [5.74, 6) is 0.983. The maximum absolute atomic E-state index is 12.1. The van der Waals surface area contributed by atoms with E-state index in [1.807, 2.05) is 24.3 Å². The van der Waals surface area contributed by atoms with Crippen molar-refractivity contribution in [1.82, 2.24) is 0 Å². The van der Waals surface area contributed by atoms with Gasteiger partial charge in [0.25, 0.3) is 0 Å². The molecule has 0 saturated heterocycles. The molecule has 0 aliphatic rings. The molecule has 0 radical (unpaired) electrons. The summed E-state index contributed by atoms with van der Waals surface area (Å²) in [7, 11) is 0. The molecule has 2 aromatic rings. The number of unbranched alkanes of at least 4 members (excludes halogenated alkanes) is 10. The Labute approximate surface area is 200 Å². The first-order chi connectivity index (χ1) is 16.2. The summed E-state index contributed by atoms with van der Waals surface area (Å²) in [4.78, 5) is 22.1. The third kappa shape index (κ3) is 12.4. The van der Waals surface area contributed by atoms with E-state index in [1.54, 1.807) is 12.1 Å². The van der Waals surface area contributed by atoms with Gasteiger partial charge >= 0.3 is 6.16 Å². The Kier molecular flexibility index (Phi) is 13.8. The number of hydrogen-bond donors (Lipinski definition) is 0. The minimum absolute atomic E-state index is 0.476. The van der Waals surface area contributed by atoms with E-state index in [1.165, 1.54) is 75.3 Å². The lowest BCUT2D eigenvalue weighted by Crippen LogP contribution is -2.13. The number of rotatable bonds is 17. The Morgan fingerprint density at radius 2 is 1.12 bits per heavy atom. The topological polar surface area (TPSA) is 44.8 Å². The normalized spacial score (nSPS) is 10.7. The molecule has 0 aliphatic heterocycles. The van der Waals surface area contributed by atoms with Crippen molar-refractivity contribution in [2.24, 2.45) is 0 Å². The standard InChI is InChI=1S/C29H42O4/c1-3-5-7-9-11-13-17-25-19-15-21-27(23-25)31-29(30)33-32-28-22-16-20-26(24-28)18-14-12-10-8-6-4-2/h15-16,19-24H,3-14,17-18H2,1-2H3. The quantitative estimate of drug-likeness (QED) is 0.0786. The average molecular weight is 455 g/mol. The van der Waals surface area contributed by atoms with Crippen molar-refractivity contribution in [2.75, 3.05) is 0 Å². The van der Waals surface area contributed by atoms with Gasteiger partial charge in [-0.2, -0.15) is 4.79 Å². The SMILES string of the molecule is CCCCCCCCc1cccc(OOC(=O)Oc2cccc(CCCCCCCC)c2)c1. The third-order valence-electron chi connectivity index (χ3n) is 5.84. The third-order valence-corrected chi connectivity index (χ3v) is 5.84. The van der Waals surface area contributed by atoms with Crippen molar-refractivity contribution in [3.05, 3.63) is 59.7 Å². The van der Waals surface area contributed by atoms with Crippen molar-refractivity contribution in [3.63, 3.8) is 0 Å². The van der Waals surface area contributed by atoms with E-state index in [9.17, 15) is 4.79 Å². The van der Waals surface area contributed by atoms with Crippen LogP contribution in [0.25, 0.3) is 0 Å². The fraction of sp³-hybridized carbons (Fsp3) is 0.552. The highest BCUT2D eigenvalue weighted by molar-refractivity contribution is 5.63. The molecule has 2 aromatic carbocycles. The van der Waals surface area contributed by atoms with Gasteiger partial charge in [0.2, 0.25) is 0 Å². The summed E-state index contributed by atoms with van der Waals surface area (Å²) in [6.07, 6.45) is 16.3. The van der Waals surface area contributed by atoms with E-state index in [0.717, 1.165) is 25.7 Å². The molecule has 0 saturated carbocycles. The van der Waals surface area contributed by atoms with E-state index in [0.29, 0.717) is 11.5 Å². The lowest BCUT2D eigenvalue weighted by Gasteiger charge is -2.08. The summed E-state index contributed by atoms with van der Waals surface area (Å²) in [5.41, 5.74) is 2.35. The Hall–Kier alpha value is -2.49. The molecule has 0 amide bonds. The number of hydrogen-bond acceptors (Lipinski definition) is 4. The summed E-state index contributed by atoms with van der Waals surface area (Å²) < 4.78 is 5.29. The van der Waals surface area contributed by atoms with Crippen LogP contribution in [0, 0.1) is 0 Å². The van der Waals surface area contributed by atoms with Gasteiger partial charge in [-0.15, -0.1) is 0 Å². The van der Waals surface area contributed by atoms with E-state index in [2.05, 4.69) is 26.0 Å². The van der Waals surface area contributed by atoms with Gasteiger partial charge in [-0.05, 0) is 61.1 Å². The van der Waals surface area contributed by atoms with Crippen molar-refractivity contribution in [1.29, 1.82) is 0 Å². The molecule has 33 heavy (non-hydrogen) atoms. The van der Waals surface area contributed by atoms with Crippen LogP contribution in [0.4, 0.5) is 4.79 Å². The molecule has 0 spiro atoms. The summed E-state index contributed by atoms with van der Waals surface area (Å²) >= 11 is 0. The van der Waals surface area contributed by atoms with Crippen LogP contribution in [0.1, 0.15) is 102 Å². The van der Waals surface area contributed by atoms with Crippen molar-refractivity contribution in [2.45, 2.75) is 104 Å². The van der Waals surface area contributed by atoms with Crippen LogP contribution in [0.5, 0.6) is 11.5 Å². The summed E-state index contributed by atoms with van der Waals surface area (Å²) in [6.45, 7) is 4.47. The highest BCUT2D eigenvalue weighted by Gasteiger charge is 2.10. The molecular formula is C29H42O4. The molecule has 182 valence electrons. The molecule has 0 bridgehead atoms. The van der Waals surface area contributed by atoms with Gasteiger partial charge in [-0.1, -0.05) is 102 Å². The number of aryl methyl sites for hydroxylation is 2. The molecule has 0 fully saturated rings. The van der Waals surface area contributed by atoms with E-state index in [4.69, 9.17) is 14.5 Å². The van der Waals surface area contributed by atoms with E-state index >= 15 is 0 Å². The van der Waals surface area contributed by atoms with Crippen LogP contribution in [0.3, 0.4) is 0 Å². The number of ether oxygens (including phenoxy) is 1. The first-order valence-corrected chi connectivity index (χ1v) is 13.0. The smallest absolute Gasteiger partial charge is 0.392 e. The van der Waals surface area contributed by atoms with Crippen molar-refractivity contribution < 1.29 is 19.3 Å². The van der Waals surface area contributed by atoms with Gasteiger partial charge in [-0.25, -0.2) is 4.89 Å². The van der Waals surface area contributed by atoms with Gasteiger partial charge < -0.3 is 4.74 Å². The second-order valence-corrected chi connectivity index (χ2v) is 8.85. The minimum Gasteiger partial charge on any atom is -0.392 e. The van der Waals surface area contributed by atoms with Crippen molar-refractivity contribution in [3.8, 4) is 11.5 Å². The Balaban J connectivity index is 1.69. The predicted octanol–water partition coefficient (Wildman–Crippen LogP) is 9.00. The van der Waals surface area contributed by atoms with Crippen LogP contribution in [-0.2, 0) is 17.7 Å². The fourth-order valence-corrected chi connectivity index (χ4v) is 3.93. The molecule has 4 nitrogen and oxygen atoms in total. The zero-order valence-corrected chi connectivity index (χ0v) is 20.7. The molecule has 2 rings (SSSR count). The summed E-state index contributed by atoms with van der Waals surface area (Å²) in [5, 5.41) is 0. The predicted molar refractivity (Wildman–Crippen MR) is 135 cm³/mol. The highest BCUT2D eigenvalue weighted by Crippen LogP contribution is 2.19. The van der Waals surface area contributed by atoms with Crippen LogP contribution in [0.15, 0.2) is 48.5 Å². The van der Waals surface area contributed by atoms with Crippen LogP contribution < -0.4 is 9.62 Å². The molecular weight excluding hydrogens is 412 g/mol. The molecule has 0 unspecified atom stereocenters. The van der Waals surface area contributed by atoms with Crippen LogP contribution in [-0.4, -0.2) is 6.16 Å². The minimum atomic E-state index is -0.868. The van der Waals surface area contributed by atoms with Crippen LogP contribution in [0.2, 0.25) is 0 Å². The highest BCUT2D eigenvalue weighted by atomic mass is 17.2. The second-order valence-electron chi connectivity index (χ2n) is 8.85.